The van der Waals surface area contributed by atoms with Gasteiger partial charge >= 0.3 is 0 Å². The van der Waals surface area contributed by atoms with Crippen LogP contribution < -0.4 is 4.74 Å². The molecule has 0 aliphatic rings. The Bertz CT molecular complexity index is 673. The van der Waals surface area contributed by atoms with Crippen LogP contribution in [0.2, 0.25) is 0 Å². The van der Waals surface area contributed by atoms with Gasteiger partial charge in [0.2, 0.25) is 5.88 Å². The highest BCUT2D eigenvalue weighted by Crippen LogP contribution is 2.26. The van der Waals surface area contributed by atoms with Crippen LogP contribution in [-0.4, -0.2) is 17.4 Å². The number of benzene rings is 1. The summed E-state index contributed by atoms with van der Waals surface area (Å²) in [4.78, 5) is 15.4. The van der Waals surface area contributed by atoms with E-state index in [9.17, 15) is 10.1 Å². The van der Waals surface area contributed by atoms with Crippen LogP contribution in [0.15, 0.2) is 36.4 Å². The van der Waals surface area contributed by atoms with Gasteiger partial charge < -0.3 is 4.74 Å². The number of carbonyl (C=O) groups excluding carboxylic acids is 1. The molecular formula is C16H14N2O2. The lowest BCUT2D eigenvalue weighted by molar-refractivity contribution is -0.119. The Morgan fingerprint density at radius 2 is 2.05 bits per heavy atom. The molecule has 100 valence electrons. The van der Waals surface area contributed by atoms with Gasteiger partial charge in [-0.2, -0.15) is 5.26 Å². The number of carbonyl (C=O) groups is 1. The molecule has 0 unspecified atom stereocenters. The molecule has 4 heteroatoms. The van der Waals surface area contributed by atoms with Crippen LogP contribution in [0, 0.1) is 18.3 Å². The maximum absolute atomic E-state index is 11.0. The van der Waals surface area contributed by atoms with E-state index in [-0.39, 0.29) is 18.3 Å². The predicted molar refractivity (Wildman–Crippen MR) is 75.3 cm³/mol. The van der Waals surface area contributed by atoms with Crippen molar-refractivity contribution in [3.63, 3.8) is 0 Å². The summed E-state index contributed by atoms with van der Waals surface area (Å²) in [5.41, 5.74) is 2.80. The van der Waals surface area contributed by atoms with E-state index in [1.54, 1.807) is 0 Å². The summed E-state index contributed by atoms with van der Waals surface area (Å²) in [5.74, 6) is 0.0972. The Labute approximate surface area is 117 Å². The van der Waals surface area contributed by atoms with E-state index in [1.165, 1.54) is 6.92 Å². The Morgan fingerprint density at radius 1 is 1.35 bits per heavy atom. The summed E-state index contributed by atoms with van der Waals surface area (Å²) in [5, 5.41) is 9.17. The molecule has 4 nitrogen and oxygen atoms in total. The van der Waals surface area contributed by atoms with Gasteiger partial charge in [0.25, 0.3) is 0 Å². The van der Waals surface area contributed by atoms with Gasteiger partial charge in [0.05, 0.1) is 5.69 Å². The Hall–Kier alpha value is -2.67. The summed E-state index contributed by atoms with van der Waals surface area (Å²) < 4.78 is 5.35. The zero-order valence-corrected chi connectivity index (χ0v) is 11.4. The van der Waals surface area contributed by atoms with Gasteiger partial charge in [0, 0.05) is 5.56 Å². The Kier molecular flexibility index (Phi) is 4.11. The Morgan fingerprint density at radius 3 is 2.65 bits per heavy atom. The molecule has 1 heterocycles. The second-order valence-electron chi connectivity index (χ2n) is 4.47. The number of hydrogen-bond acceptors (Lipinski definition) is 4. The van der Waals surface area contributed by atoms with Crippen LogP contribution in [0.5, 0.6) is 5.88 Å². The summed E-state index contributed by atoms with van der Waals surface area (Å²) in [7, 11) is 0. The van der Waals surface area contributed by atoms with E-state index in [1.807, 2.05) is 43.3 Å². The molecule has 0 radical (unpaired) electrons. The minimum atomic E-state index is -0.113. The second-order valence-corrected chi connectivity index (χ2v) is 4.47. The lowest BCUT2D eigenvalue weighted by Crippen LogP contribution is -2.09. The molecule has 0 saturated carbocycles. The number of ketones is 1. The molecular weight excluding hydrogens is 252 g/mol. The molecule has 0 fully saturated rings. The number of pyridine rings is 1. The highest BCUT2D eigenvalue weighted by Gasteiger charge is 2.12. The van der Waals surface area contributed by atoms with E-state index in [4.69, 9.17) is 4.74 Å². The third-order valence-corrected chi connectivity index (χ3v) is 2.78. The van der Waals surface area contributed by atoms with Gasteiger partial charge in [-0.05, 0) is 25.5 Å². The van der Waals surface area contributed by atoms with Crippen molar-refractivity contribution in [3.8, 4) is 23.2 Å². The first kappa shape index (κ1) is 13.8. The first-order valence-electron chi connectivity index (χ1n) is 6.21. The summed E-state index contributed by atoms with van der Waals surface area (Å²) >= 11 is 0. The maximum atomic E-state index is 11.0. The van der Waals surface area contributed by atoms with Gasteiger partial charge in [-0.1, -0.05) is 30.3 Å². The molecule has 0 aliphatic carbocycles. The number of nitrogens with zero attached hydrogens (tertiary/aromatic N) is 2. The second kappa shape index (κ2) is 5.98. The maximum Gasteiger partial charge on any atom is 0.232 e. The fourth-order valence-corrected chi connectivity index (χ4v) is 1.81. The number of Topliss-reactive ketones (excluding diaryl/α,β-unsaturated/α-hetero) is 1. The molecule has 0 aliphatic heterocycles. The summed E-state index contributed by atoms with van der Waals surface area (Å²) in [6, 6.07) is 13.5. The first-order chi connectivity index (χ1) is 9.61. The third-order valence-electron chi connectivity index (χ3n) is 2.78. The average molecular weight is 266 g/mol. The van der Waals surface area contributed by atoms with Crippen LogP contribution in [0.3, 0.4) is 0 Å². The van der Waals surface area contributed by atoms with Crippen LogP contribution in [0.4, 0.5) is 0 Å². The van der Waals surface area contributed by atoms with E-state index < -0.39 is 0 Å². The topological polar surface area (TPSA) is 63.0 Å². The lowest BCUT2D eigenvalue weighted by Gasteiger charge is -2.10. The van der Waals surface area contributed by atoms with Gasteiger partial charge in [-0.25, -0.2) is 4.98 Å². The highest BCUT2D eigenvalue weighted by molar-refractivity contribution is 5.77. The predicted octanol–water partition coefficient (Wildman–Crippen LogP) is 2.90. The number of ether oxygens (including phenoxy) is 1. The fraction of sp³-hybridized carbons (Fsp3) is 0.188. The van der Waals surface area contributed by atoms with E-state index in [0.29, 0.717) is 5.56 Å². The molecule has 0 spiro atoms. The van der Waals surface area contributed by atoms with E-state index in [0.717, 1.165) is 16.8 Å². The summed E-state index contributed by atoms with van der Waals surface area (Å²) in [6.07, 6.45) is 0. The van der Waals surface area contributed by atoms with Gasteiger partial charge in [-0.15, -0.1) is 0 Å². The molecule has 0 bridgehead atoms. The molecule has 0 amide bonds. The van der Waals surface area contributed by atoms with E-state index in [2.05, 4.69) is 11.1 Å². The van der Waals surface area contributed by atoms with Crippen molar-refractivity contribution >= 4 is 5.78 Å². The smallest absolute Gasteiger partial charge is 0.232 e. The number of nitriles is 1. The van der Waals surface area contributed by atoms with Crippen molar-refractivity contribution in [2.45, 2.75) is 13.8 Å². The molecule has 0 atom stereocenters. The van der Waals surface area contributed by atoms with Crippen LogP contribution >= 0.6 is 0 Å². The van der Waals surface area contributed by atoms with Gasteiger partial charge in [-0.3, -0.25) is 4.79 Å². The lowest BCUT2D eigenvalue weighted by atomic mass is 10.1. The molecule has 1 aromatic carbocycles. The van der Waals surface area contributed by atoms with Gasteiger partial charge in [0.15, 0.2) is 5.78 Å². The molecule has 0 saturated heterocycles. The molecule has 1 aromatic heterocycles. The SMILES string of the molecule is CC(=O)COc1nc(-c2ccccc2)cc(C)c1C#N. The number of aromatic nitrogens is 1. The van der Waals surface area contributed by atoms with Crippen LogP contribution in [0.1, 0.15) is 18.1 Å². The quantitative estimate of drug-likeness (QED) is 0.853. The first-order valence-corrected chi connectivity index (χ1v) is 6.21. The fourth-order valence-electron chi connectivity index (χ4n) is 1.81. The zero-order valence-electron chi connectivity index (χ0n) is 11.4. The molecule has 20 heavy (non-hydrogen) atoms. The summed E-state index contributed by atoms with van der Waals surface area (Å²) in [6.45, 7) is 3.17. The van der Waals surface area contributed by atoms with Crippen molar-refractivity contribution in [2.75, 3.05) is 6.61 Å². The number of rotatable bonds is 4. The van der Waals surface area contributed by atoms with Crippen molar-refractivity contribution in [2.24, 2.45) is 0 Å². The number of aryl methyl sites for hydroxylation is 1. The molecule has 2 rings (SSSR count). The van der Waals surface area contributed by atoms with Crippen molar-refractivity contribution < 1.29 is 9.53 Å². The van der Waals surface area contributed by atoms with Crippen LogP contribution in [0.25, 0.3) is 11.3 Å². The minimum absolute atomic E-state index is 0.0840. The standard InChI is InChI=1S/C16H14N2O2/c1-11-8-15(13-6-4-3-5-7-13)18-16(14(11)9-17)20-10-12(2)19/h3-8H,10H2,1-2H3. The highest BCUT2D eigenvalue weighted by atomic mass is 16.5. The van der Waals surface area contributed by atoms with Crippen molar-refractivity contribution in [3.05, 3.63) is 47.5 Å². The molecule has 2 aromatic rings. The van der Waals surface area contributed by atoms with Crippen molar-refractivity contribution in [1.82, 2.24) is 4.98 Å². The van der Waals surface area contributed by atoms with E-state index >= 15 is 0 Å². The van der Waals surface area contributed by atoms with Crippen LogP contribution in [-0.2, 0) is 4.79 Å². The zero-order chi connectivity index (χ0) is 14.5. The minimum Gasteiger partial charge on any atom is -0.469 e. The number of hydrogen-bond donors (Lipinski definition) is 0. The Balaban J connectivity index is 2.47. The monoisotopic (exact) mass is 266 g/mol. The third kappa shape index (κ3) is 3.01. The van der Waals surface area contributed by atoms with Gasteiger partial charge in [0.1, 0.15) is 18.2 Å². The average Bonchev–Trinajstić information content (AvgIpc) is 2.45. The largest absolute Gasteiger partial charge is 0.469 e. The normalized spacial score (nSPS) is 9.85. The molecule has 0 N–H and O–H groups in total. The van der Waals surface area contributed by atoms with Crippen molar-refractivity contribution in [1.29, 1.82) is 5.26 Å².